The molecular formula is C43H64F2N2O7. The first-order valence-corrected chi connectivity index (χ1v) is 20.6. The van der Waals surface area contributed by atoms with E-state index in [1.807, 2.05) is 48.5 Å². The van der Waals surface area contributed by atoms with Gasteiger partial charge in [-0.25, -0.2) is 8.78 Å². The van der Waals surface area contributed by atoms with Gasteiger partial charge < -0.3 is 4.90 Å². The highest BCUT2D eigenvalue weighted by Gasteiger charge is 2.69. The fourth-order valence-electron chi connectivity index (χ4n) is 9.58. The lowest BCUT2D eigenvalue weighted by molar-refractivity contribution is -0.154. The van der Waals surface area contributed by atoms with Crippen molar-refractivity contribution in [1.82, 2.24) is 9.80 Å². The molecule has 9 nitrogen and oxygen atoms in total. The number of imide groups is 1. The molecule has 5 aliphatic rings. The molecule has 3 heterocycles. The molecule has 302 valence electrons. The van der Waals surface area contributed by atoms with Gasteiger partial charge in [-0.15, -0.1) is 0 Å². The molecule has 3 amide bonds. The van der Waals surface area contributed by atoms with Gasteiger partial charge >= 0.3 is 0 Å². The van der Waals surface area contributed by atoms with Gasteiger partial charge in [-0.1, -0.05) is 67.7 Å². The minimum absolute atomic E-state index is 0.0543. The van der Waals surface area contributed by atoms with Gasteiger partial charge in [0.25, 0.3) is 0 Å². The van der Waals surface area contributed by atoms with Crippen LogP contribution in [0.4, 0.5) is 8.78 Å². The SMILES string of the molecule is CC1(C)CC(=O)N(C[C@@H](CC(=O)C[C@@H]2CCCCCCC(F)(F)CC[C@@H](C(=O)C(=O)CC3CC3)CC(=O)[C@@H]3[C@@H]4[C@H](CN3C2=O)C4(C)C)C(C)(C)C)C(=O)C1. The molecule has 2 saturated carbocycles. The Kier molecular flexibility index (Phi) is 12.5. The molecule has 0 aromatic heterocycles. The number of hydrogen-bond donors (Lipinski definition) is 0. The summed E-state index contributed by atoms with van der Waals surface area (Å²) in [5.74, 6) is -7.84. The van der Waals surface area contributed by atoms with Crippen molar-refractivity contribution in [2.45, 2.75) is 163 Å². The third-order valence-corrected chi connectivity index (χ3v) is 13.6. The number of carbonyl (C=O) groups is 7. The maximum Gasteiger partial charge on any atom is 0.248 e. The lowest BCUT2D eigenvalue weighted by Gasteiger charge is -2.39. The minimum Gasteiger partial charge on any atom is -0.332 e. The summed E-state index contributed by atoms with van der Waals surface area (Å²) in [5.41, 5.74) is -1.07. The number of hydrogen-bond acceptors (Lipinski definition) is 7. The van der Waals surface area contributed by atoms with Crippen LogP contribution in [0.5, 0.6) is 0 Å². The van der Waals surface area contributed by atoms with Crippen molar-refractivity contribution in [3.63, 3.8) is 0 Å². The van der Waals surface area contributed by atoms with Crippen LogP contribution in [0.3, 0.4) is 0 Å². The topological polar surface area (TPSA) is 126 Å². The summed E-state index contributed by atoms with van der Waals surface area (Å²) in [5, 5.41) is 0. The van der Waals surface area contributed by atoms with Crippen LogP contribution in [0.25, 0.3) is 0 Å². The molecule has 0 N–H and O–H groups in total. The third-order valence-electron chi connectivity index (χ3n) is 13.6. The molecule has 0 bridgehead atoms. The molecule has 0 unspecified atom stereocenters. The van der Waals surface area contributed by atoms with Crippen molar-refractivity contribution < 1.29 is 42.3 Å². The highest BCUT2D eigenvalue weighted by Crippen LogP contribution is 2.65. The Bertz CT molecular complexity index is 1490. The van der Waals surface area contributed by atoms with Crippen LogP contribution >= 0.6 is 0 Å². The predicted molar refractivity (Wildman–Crippen MR) is 199 cm³/mol. The Hall–Kier alpha value is -2.85. The summed E-state index contributed by atoms with van der Waals surface area (Å²) in [6, 6.07) is -0.847. The number of ketones is 4. The summed E-state index contributed by atoms with van der Waals surface area (Å²) in [7, 11) is 0. The van der Waals surface area contributed by atoms with Gasteiger partial charge in [0.2, 0.25) is 29.4 Å². The fraction of sp³-hybridized carbons (Fsp3) is 0.837. The standard InChI is InChI=1S/C43H64F2N2O7/c1-40(2,3)29(24-46-34(51)22-41(4,5)23-35(46)52)21-30(48)19-28-12-10-8-9-11-16-43(44,45)17-15-27(38(53)33(50)18-26-13-14-26)20-32(49)37-36-31(42(36,6)7)25-47(37)39(28)54/h26-29,31,36-37H,8-25H2,1-7H3/t27-,28+,29-,31+,36+,37-/m1/s1. The molecule has 0 aromatic carbocycles. The van der Waals surface area contributed by atoms with Crippen molar-refractivity contribution in [3.8, 4) is 0 Å². The molecular weight excluding hydrogens is 694 g/mol. The Labute approximate surface area is 320 Å². The van der Waals surface area contributed by atoms with Gasteiger partial charge in [0.05, 0.1) is 6.04 Å². The predicted octanol–water partition coefficient (Wildman–Crippen LogP) is 7.56. The van der Waals surface area contributed by atoms with Gasteiger partial charge in [-0.3, -0.25) is 38.5 Å². The lowest BCUT2D eigenvalue weighted by atomic mass is 9.75. The van der Waals surface area contributed by atoms with Crippen molar-refractivity contribution in [3.05, 3.63) is 0 Å². The number of rotatable bonds is 10. The number of piperidine rings is 2. The second-order valence-corrected chi connectivity index (χ2v) is 20.2. The molecule has 0 radical (unpaired) electrons. The lowest BCUT2D eigenvalue weighted by Crippen LogP contribution is -2.50. The number of fused-ring (bicyclic) bond motifs is 3. The average molecular weight is 759 g/mol. The van der Waals surface area contributed by atoms with Crippen LogP contribution in [-0.2, 0) is 33.6 Å². The van der Waals surface area contributed by atoms with E-state index in [1.165, 1.54) is 4.90 Å². The fourth-order valence-corrected chi connectivity index (χ4v) is 9.58. The largest absolute Gasteiger partial charge is 0.332 e. The van der Waals surface area contributed by atoms with Gasteiger partial charge in [0, 0.05) is 76.3 Å². The van der Waals surface area contributed by atoms with Crippen LogP contribution < -0.4 is 0 Å². The summed E-state index contributed by atoms with van der Waals surface area (Å²) in [4.78, 5) is 98.2. The first kappa shape index (κ1) is 42.3. The summed E-state index contributed by atoms with van der Waals surface area (Å²) in [6.07, 6.45) is 3.06. The molecule has 3 aliphatic heterocycles. The quantitative estimate of drug-likeness (QED) is 0.166. The second-order valence-electron chi connectivity index (χ2n) is 20.2. The van der Waals surface area contributed by atoms with Gasteiger partial charge in [-0.2, -0.15) is 0 Å². The van der Waals surface area contributed by atoms with E-state index < -0.39 is 52.6 Å². The molecule has 11 heteroatoms. The number of halogens is 2. The molecule has 0 spiro atoms. The van der Waals surface area contributed by atoms with Gasteiger partial charge in [0.1, 0.15) is 5.78 Å². The van der Waals surface area contributed by atoms with Crippen molar-refractivity contribution in [1.29, 1.82) is 0 Å². The van der Waals surface area contributed by atoms with Gasteiger partial charge in [-0.05, 0) is 72.0 Å². The highest BCUT2D eigenvalue weighted by molar-refractivity contribution is 6.38. The number of carbonyl (C=O) groups excluding carboxylic acids is 7. The summed E-state index contributed by atoms with van der Waals surface area (Å²) < 4.78 is 30.2. The molecule has 0 aromatic rings. The first-order valence-electron chi connectivity index (χ1n) is 20.6. The maximum absolute atomic E-state index is 15.1. The van der Waals surface area contributed by atoms with E-state index in [-0.39, 0.29) is 123 Å². The maximum atomic E-state index is 15.1. The zero-order chi connectivity index (χ0) is 40.0. The van der Waals surface area contributed by atoms with Crippen molar-refractivity contribution in [2.24, 2.45) is 51.8 Å². The Morgan fingerprint density at radius 3 is 2.07 bits per heavy atom. The number of nitrogens with zero attached hydrogens (tertiary/aromatic N) is 2. The molecule has 6 atom stereocenters. The summed E-state index contributed by atoms with van der Waals surface area (Å²) in [6.45, 7) is 14.3. The van der Waals surface area contributed by atoms with Crippen molar-refractivity contribution in [2.75, 3.05) is 13.1 Å². The van der Waals surface area contributed by atoms with E-state index in [9.17, 15) is 33.6 Å². The van der Waals surface area contributed by atoms with E-state index in [0.29, 0.717) is 32.2 Å². The third kappa shape index (κ3) is 10.1. The Morgan fingerprint density at radius 2 is 1.46 bits per heavy atom. The highest BCUT2D eigenvalue weighted by atomic mass is 19.3. The average Bonchev–Trinajstić information content (AvgIpc) is 3.90. The number of likely N-dealkylation sites (tertiary alicyclic amines) is 1. The van der Waals surface area contributed by atoms with E-state index in [0.717, 1.165) is 12.8 Å². The monoisotopic (exact) mass is 758 g/mol. The smallest absolute Gasteiger partial charge is 0.248 e. The van der Waals surface area contributed by atoms with Crippen LogP contribution in [0.2, 0.25) is 0 Å². The first-order chi connectivity index (χ1) is 25.0. The molecule has 3 saturated heterocycles. The van der Waals surface area contributed by atoms with E-state index >= 15 is 8.78 Å². The van der Waals surface area contributed by atoms with Gasteiger partial charge in [0.15, 0.2) is 11.6 Å². The van der Waals surface area contributed by atoms with Crippen LogP contribution in [0.1, 0.15) is 151 Å². The second kappa shape index (κ2) is 16.0. The van der Waals surface area contributed by atoms with Crippen LogP contribution in [0.15, 0.2) is 0 Å². The number of Topliss-reactive ketones (excluding diaryl/α,β-unsaturated/α-hetero) is 4. The van der Waals surface area contributed by atoms with Crippen molar-refractivity contribution >= 4 is 40.9 Å². The number of amides is 3. The van der Waals surface area contributed by atoms with Crippen LogP contribution in [0, 0.1) is 51.8 Å². The molecule has 5 rings (SSSR count). The summed E-state index contributed by atoms with van der Waals surface area (Å²) >= 11 is 0. The normalized spacial score (nSPS) is 31.1. The number of alkyl halides is 2. The Balaban J connectivity index is 1.36. The minimum atomic E-state index is -3.03. The van der Waals surface area contributed by atoms with Crippen LogP contribution in [-0.4, -0.2) is 75.7 Å². The molecule has 2 aliphatic carbocycles. The molecule has 5 fully saturated rings. The van der Waals surface area contributed by atoms with E-state index in [1.54, 1.807) is 4.90 Å². The van der Waals surface area contributed by atoms with E-state index in [4.69, 9.17) is 0 Å². The molecule has 54 heavy (non-hydrogen) atoms. The van der Waals surface area contributed by atoms with E-state index in [2.05, 4.69) is 0 Å². The zero-order valence-electron chi connectivity index (χ0n) is 33.8. The zero-order valence-corrected chi connectivity index (χ0v) is 33.8. The Morgan fingerprint density at radius 1 is 0.833 bits per heavy atom.